The molecule has 3 atom stereocenters. The lowest BCUT2D eigenvalue weighted by Crippen LogP contribution is -2.14. The smallest absolute Gasteiger partial charge is 0.311 e. The number of ether oxygens (including phenoxy) is 2. The summed E-state index contributed by atoms with van der Waals surface area (Å²) in [5.74, 6) is -0.606. The third kappa shape index (κ3) is 4.49. The number of para-hydroxylation sites is 1. The SMILES string of the molecule is CC1(C)[C@H](C=C2CCCC2)[C@H]1C(=O)OC(C#N)c1ccc(F)c(Oc2ccccc2)c1. The highest BCUT2D eigenvalue weighted by Gasteiger charge is 2.61. The number of carbonyl (C=O) groups is 1. The van der Waals surface area contributed by atoms with Gasteiger partial charge in [-0.1, -0.05) is 49.8 Å². The van der Waals surface area contributed by atoms with Crippen molar-refractivity contribution in [3.8, 4) is 17.6 Å². The molecule has 0 bridgehead atoms. The molecule has 2 aliphatic carbocycles. The van der Waals surface area contributed by atoms with E-state index in [0.717, 1.165) is 12.8 Å². The summed E-state index contributed by atoms with van der Waals surface area (Å²) in [6.45, 7) is 4.11. The summed E-state index contributed by atoms with van der Waals surface area (Å²) in [4.78, 5) is 12.9. The van der Waals surface area contributed by atoms with Crippen LogP contribution in [0.1, 0.15) is 51.2 Å². The molecule has 0 spiro atoms. The number of esters is 1. The Morgan fingerprint density at radius 1 is 1.19 bits per heavy atom. The summed E-state index contributed by atoms with van der Waals surface area (Å²) in [7, 11) is 0. The van der Waals surface area contributed by atoms with Gasteiger partial charge in [-0.3, -0.25) is 4.79 Å². The second-order valence-electron chi connectivity index (χ2n) is 8.91. The third-order valence-corrected chi connectivity index (χ3v) is 6.41. The van der Waals surface area contributed by atoms with Gasteiger partial charge in [0.05, 0.1) is 5.92 Å². The molecule has 160 valence electrons. The number of nitriles is 1. The summed E-state index contributed by atoms with van der Waals surface area (Å²) in [5, 5.41) is 9.63. The lowest BCUT2D eigenvalue weighted by molar-refractivity contribution is -0.149. The zero-order valence-corrected chi connectivity index (χ0v) is 17.8. The van der Waals surface area contributed by atoms with Gasteiger partial charge in [0.2, 0.25) is 6.10 Å². The fourth-order valence-corrected chi connectivity index (χ4v) is 4.42. The Kier molecular flexibility index (Phi) is 5.82. The van der Waals surface area contributed by atoms with Crippen LogP contribution in [-0.2, 0) is 9.53 Å². The van der Waals surface area contributed by atoms with Crippen molar-refractivity contribution in [1.29, 1.82) is 5.26 Å². The highest BCUT2D eigenvalue weighted by molar-refractivity contribution is 5.78. The van der Waals surface area contributed by atoms with Crippen LogP contribution in [0.2, 0.25) is 0 Å². The van der Waals surface area contributed by atoms with Gasteiger partial charge in [-0.25, -0.2) is 4.39 Å². The Balaban J connectivity index is 1.48. The highest BCUT2D eigenvalue weighted by atomic mass is 19.1. The van der Waals surface area contributed by atoms with Crippen molar-refractivity contribution in [1.82, 2.24) is 0 Å². The number of carbonyl (C=O) groups excluding carboxylic acids is 1. The third-order valence-electron chi connectivity index (χ3n) is 6.41. The first-order valence-electron chi connectivity index (χ1n) is 10.7. The first kappa shape index (κ1) is 21.1. The molecule has 0 radical (unpaired) electrons. The molecule has 31 heavy (non-hydrogen) atoms. The molecule has 2 aromatic carbocycles. The van der Waals surface area contributed by atoms with Gasteiger partial charge in [-0.2, -0.15) is 5.26 Å². The molecular formula is C26H26FNO3. The zero-order valence-electron chi connectivity index (χ0n) is 17.8. The highest BCUT2D eigenvalue weighted by Crippen LogP contribution is 2.60. The number of hydrogen-bond donors (Lipinski definition) is 0. The van der Waals surface area contributed by atoms with E-state index in [2.05, 4.69) is 19.9 Å². The summed E-state index contributed by atoms with van der Waals surface area (Å²) in [6, 6.07) is 14.9. The molecule has 0 aliphatic heterocycles. The first-order valence-corrected chi connectivity index (χ1v) is 10.7. The second kappa shape index (κ2) is 8.55. The van der Waals surface area contributed by atoms with Gasteiger partial charge in [0.1, 0.15) is 11.8 Å². The van der Waals surface area contributed by atoms with Crippen molar-refractivity contribution >= 4 is 5.97 Å². The molecule has 0 amide bonds. The van der Waals surface area contributed by atoms with Crippen molar-refractivity contribution in [2.24, 2.45) is 17.3 Å². The van der Waals surface area contributed by atoms with E-state index in [1.807, 2.05) is 12.1 Å². The van der Waals surface area contributed by atoms with Crippen LogP contribution in [0.5, 0.6) is 11.5 Å². The maximum absolute atomic E-state index is 14.2. The molecule has 1 unspecified atom stereocenters. The number of allylic oxidation sites excluding steroid dienone is 2. The van der Waals surface area contributed by atoms with E-state index in [1.165, 1.54) is 36.6 Å². The minimum Gasteiger partial charge on any atom is -0.454 e. The lowest BCUT2D eigenvalue weighted by Gasteiger charge is -2.14. The normalized spacial score (nSPS) is 22.3. The topological polar surface area (TPSA) is 59.3 Å². The number of benzene rings is 2. The number of rotatable bonds is 6. The average molecular weight is 419 g/mol. The monoisotopic (exact) mass is 419 g/mol. The molecule has 2 saturated carbocycles. The predicted octanol–water partition coefficient (Wildman–Crippen LogP) is 6.50. The molecule has 2 aliphatic rings. The van der Waals surface area contributed by atoms with Crippen LogP contribution >= 0.6 is 0 Å². The minimum atomic E-state index is -1.12. The Morgan fingerprint density at radius 3 is 2.58 bits per heavy atom. The van der Waals surface area contributed by atoms with Crippen molar-refractivity contribution in [2.75, 3.05) is 0 Å². The van der Waals surface area contributed by atoms with E-state index in [1.54, 1.807) is 24.3 Å². The Morgan fingerprint density at radius 2 is 1.90 bits per heavy atom. The molecule has 0 heterocycles. The molecule has 4 rings (SSSR count). The standard InChI is InChI=1S/C26H26FNO3/c1-26(2)20(14-17-8-6-7-9-17)24(26)25(29)31-23(16-28)18-12-13-21(27)22(15-18)30-19-10-4-3-5-11-19/h3-5,10-15,20,23-24H,6-9H2,1-2H3/t20-,23?,24+/m1/s1. The van der Waals surface area contributed by atoms with E-state index in [4.69, 9.17) is 9.47 Å². The fraction of sp³-hybridized carbons (Fsp3) is 0.385. The van der Waals surface area contributed by atoms with Gasteiger partial charge >= 0.3 is 5.97 Å². The van der Waals surface area contributed by atoms with Crippen LogP contribution < -0.4 is 4.74 Å². The Labute approximate surface area is 182 Å². The quantitative estimate of drug-likeness (QED) is 0.396. The molecule has 0 saturated heterocycles. The van der Waals surface area contributed by atoms with E-state index in [0.29, 0.717) is 11.3 Å². The van der Waals surface area contributed by atoms with Crippen molar-refractivity contribution < 1.29 is 18.7 Å². The van der Waals surface area contributed by atoms with Gasteiger partial charge in [0.25, 0.3) is 0 Å². The van der Waals surface area contributed by atoms with Crippen molar-refractivity contribution in [3.63, 3.8) is 0 Å². The summed E-state index contributed by atoms with van der Waals surface area (Å²) >= 11 is 0. The Bertz CT molecular complexity index is 1030. The fourth-order valence-electron chi connectivity index (χ4n) is 4.42. The summed E-state index contributed by atoms with van der Waals surface area (Å²) < 4.78 is 25.4. The van der Waals surface area contributed by atoms with Crippen LogP contribution in [0.25, 0.3) is 0 Å². The van der Waals surface area contributed by atoms with Gasteiger partial charge in [0, 0.05) is 5.56 Å². The van der Waals surface area contributed by atoms with Crippen LogP contribution in [0, 0.1) is 34.4 Å². The average Bonchev–Trinajstić information content (AvgIpc) is 3.08. The van der Waals surface area contributed by atoms with Crippen LogP contribution in [0.4, 0.5) is 4.39 Å². The molecule has 5 heteroatoms. The van der Waals surface area contributed by atoms with Gasteiger partial charge in [-0.15, -0.1) is 0 Å². The number of halogens is 1. The summed E-state index contributed by atoms with van der Waals surface area (Å²) in [5.41, 5.74) is 1.62. The molecule has 2 fully saturated rings. The molecule has 2 aromatic rings. The molecular weight excluding hydrogens is 393 g/mol. The van der Waals surface area contributed by atoms with Crippen LogP contribution in [0.3, 0.4) is 0 Å². The van der Waals surface area contributed by atoms with Crippen molar-refractivity contribution in [2.45, 2.75) is 45.6 Å². The van der Waals surface area contributed by atoms with Crippen LogP contribution in [-0.4, -0.2) is 5.97 Å². The molecule has 4 nitrogen and oxygen atoms in total. The maximum atomic E-state index is 14.2. The lowest BCUT2D eigenvalue weighted by atomic mass is 10.1. The van der Waals surface area contributed by atoms with E-state index in [-0.39, 0.29) is 29.0 Å². The van der Waals surface area contributed by atoms with E-state index in [9.17, 15) is 14.4 Å². The van der Waals surface area contributed by atoms with E-state index < -0.39 is 11.9 Å². The van der Waals surface area contributed by atoms with Gasteiger partial charge < -0.3 is 9.47 Å². The van der Waals surface area contributed by atoms with Gasteiger partial charge in [0.15, 0.2) is 11.6 Å². The predicted molar refractivity (Wildman–Crippen MR) is 115 cm³/mol. The molecule has 0 aromatic heterocycles. The molecule has 0 N–H and O–H groups in total. The zero-order chi connectivity index (χ0) is 22.0. The second-order valence-corrected chi connectivity index (χ2v) is 8.91. The van der Waals surface area contributed by atoms with Crippen LogP contribution in [0.15, 0.2) is 60.2 Å². The van der Waals surface area contributed by atoms with Crippen molar-refractivity contribution in [3.05, 3.63) is 71.6 Å². The Hall–Kier alpha value is -3.13. The number of nitrogens with zero attached hydrogens (tertiary/aromatic N) is 1. The number of hydrogen-bond acceptors (Lipinski definition) is 4. The maximum Gasteiger partial charge on any atom is 0.311 e. The summed E-state index contributed by atoms with van der Waals surface area (Å²) in [6.07, 6.45) is 5.75. The largest absolute Gasteiger partial charge is 0.454 e. The first-order chi connectivity index (χ1) is 14.9. The van der Waals surface area contributed by atoms with Gasteiger partial charge in [-0.05, 0) is 61.3 Å². The minimum absolute atomic E-state index is 0.0180. The van der Waals surface area contributed by atoms with E-state index >= 15 is 0 Å².